The van der Waals surface area contributed by atoms with Crippen molar-refractivity contribution in [2.24, 2.45) is 0 Å². The molecule has 1 saturated heterocycles. The lowest BCUT2D eigenvalue weighted by Crippen LogP contribution is -2.38. The number of nitrogens with zero attached hydrogens (tertiary/aromatic N) is 3. The first kappa shape index (κ1) is 13.4. The molecular weight excluding hydrogens is 278 g/mol. The number of hydrogen-bond donors (Lipinski definition) is 0. The number of hydrogen-bond acceptors (Lipinski definition) is 4. The lowest BCUT2D eigenvalue weighted by Gasteiger charge is -2.24. The molecule has 0 spiro atoms. The zero-order valence-corrected chi connectivity index (χ0v) is 11.4. The van der Waals surface area contributed by atoms with Crippen LogP contribution in [0.4, 0.5) is 0 Å². The molecule has 0 aromatic carbocycles. The van der Waals surface area contributed by atoms with Crippen LogP contribution >= 0.6 is 10.7 Å². The zero-order valence-electron chi connectivity index (χ0n) is 9.86. The van der Waals surface area contributed by atoms with Gasteiger partial charge in [0.1, 0.15) is 5.25 Å². The molecule has 100 valence electrons. The Morgan fingerprint density at radius 2 is 2.33 bits per heavy atom. The Bertz CT molecular complexity index is 529. The van der Waals surface area contributed by atoms with E-state index in [-0.39, 0.29) is 24.9 Å². The largest absolute Gasteiger partial charge is 0.337 e. The van der Waals surface area contributed by atoms with Gasteiger partial charge in [-0.15, -0.1) is 0 Å². The van der Waals surface area contributed by atoms with Crippen molar-refractivity contribution >= 4 is 25.6 Å². The number of likely N-dealkylation sites (tertiary alicyclic amines) is 1. The molecule has 6 nitrogen and oxygen atoms in total. The molecule has 1 aliphatic rings. The smallest absolute Gasteiger partial charge is 0.237 e. The summed E-state index contributed by atoms with van der Waals surface area (Å²) in [4.78, 5) is 13.3. The lowest BCUT2D eigenvalue weighted by atomic mass is 10.3. The van der Waals surface area contributed by atoms with E-state index in [0.29, 0.717) is 6.54 Å². The second-order valence-electron chi connectivity index (χ2n) is 4.42. The van der Waals surface area contributed by atoms with Crippen LogP contribution in [0.25, 0.3) is 0 Å². The Morgan fingerprint density at radius 3 is 2.83 bits per heavy atom. The highest BCUT2D eigenvalue weighted by Crippen LogP contribution is 2.23. The van der Waals surface area contributed by atoms with Gasteiger partial charge in [-0.3, -0.25) is 9.48 Å². The topological polar surface area (TPSA) is 72.3 Å². The fourth-order valence-corrected chi connectivity index (χ4v) is 3.13. The van der Waals surface area contributed by atoms with E-state index in [2.05, 4.69) is 5.10 Å². The minimum atomic E-state index is -3.68. The third kappa shape index (κ3) is 2.84. The minimum absolute atomic E-state index is 0.0325. The standard InChI is InChI=1S/C10H14ClN3O3S/c1-8(6-13-4-2-3-12-13)14-7-9(5-10(14)15)18(11,16)17/h2-4,8-9H,5-7H2,1H3. The molecule has 0 radical (unpaired) electrons. The van der Waals surface area contributed by atoms with Gasteiger partial charge in [-0.1, -0.05) is 0 Å². The van der Waals surface area contributed by atoms with E-state index in [1.807, 2.05) is 6.92 Å². The van der Waals surface area contributed by atoms with Crippen molar-refractivity contribution in [3.8, 4) is 0 Å². The molecule has 0 aliphatic carbocycles. The van der Waals surface area contributed by atoms with Gasteiger partial charge in [-0.25, -0.2) is 8.42 Å². The monoisotopic (exact) mass is 291 g/mol. The maximum Gasteiger partial charge on any atom is 0.237 e. The highest BCUT2D eigenvalue weighted by molar-refractivity contribution is 8.14. The van der Waals surface area contributed by atoms with Crippen molar-refractivity contribution in [1.29, 1.82) is 0 Å². The highest BCUT2D eigenvalue weighted by Gasteiger charge is 2.39. The Labute approximate surface area is 110 Å². The Morgan fingerprint density at radius 1 is 1.61 bits per heavy atom. The van der Waals surface area contributed by atoms with Crippen LogP contribution in [-0.4, -0.2) is 46.8 Å². The number of carbonyl (C=O) groups is 1. The normalized spacial score (nSPS) is 22.4. The van der Waals surface area contributed by atoms with Gasteiger partial charge < -0.3 is 4.90 Å². The van der Waals surface area contributed by atoms with Gasteiger partial charge >= 0.3 is 0 Å². The van der Waals surface area contributed by atoms with E-state index in [4.69, 9.17) is 10.7 Å². The predicted octanol–water partition coefficient (Wildman–Crippen LogP) is 0.441. The fraction of sp³-hybridized carbons (Fsp3) is 0.600. The van der Waals surface area contributed by atoms with Gasteiger partial charge in [0.2, 0.25) is 15.0 Å². The maximum absolute atomic E-state index is 11.8. The van der Waals surface area contributed by atoms with Crippen LogP contribution in [-0.2, 0) is 20.4 Å². The van der Waals surface area contributed by atoms with Gasteiger partial charge in [0.05, 0.1) is 6.54 Å². The Kier molecular flexibility index (Phi) is 3.63. The van der Waals surface area contributed by atoms with Crippen molar-refractivity contribution in [2.75, 3.05) is 6.54 Å². The fourth-order valence-electron chi connectivity index (χ4n) is 2.09. The van der Waals surface area contributed by atoms with Gasteiger partial charge in [0.25, 0.3) is 0 Å². The van der Waals surface area contributed by atoms with Crippen LogP contribution in [0, 0.1) is 0 Å². The molecule has 2 rings (SSSR count). The molecule has 8 heteroatoms. The number of carbonyl (C=O) groups excluding carboxylic acids is 1. The van der Waals surface area contributed by atoms with E-state index in [1.54, 1.807) is 28.0 Å². The third-order valence-electron chi connectivity index (χ3n) is 3.06. The summed E-state index contributed by atoms with van der Waals surface area (Å²) < 4.78 is 24.2. The lowest BCUT2D eigenvalue weighted by molar-refractivity contribution is -0.129. The third-order valence-corrected chi connectivity index (χ3v) is 4.93. The second kappa shape index (κ2) is 4.89. The summed E-state index contributed by atoms with van der Waals surface area (Å²) in [6.07, 6.45) is 3.42. The number of halogens is 1. The van der Waals surface area contributed by atoms with Crippen LogP contribution in [0.5, 0.6) is 0 Å². The van der Waals surface area contributed by atoms with Crippen molar-refractivity contribution in [1.82, 2.24) is 14.7 Å². The summed E-state index contributed by atoms with van der Waals surface area (Å²) in [7, 11) is 1.62. The summed E-state index contributed by atoms with van der Waals surface area (Å²) in [5.41, 5.74) is 0. The van der Waals surface area contributed by atoms with Crippen LogP contribution in [0.1, 0.15) is 13.3 Å². The SMILES string of the molecule is CC(Cn1cccn1)N1CC(S(=O)(=O)Cl)CC1=O. The van der Waals surface area contributed by atoms with Gasteiger partial charge in [-0.05, 0) is 13.0 Å². The van der Waals surface area contributed by atoms with E-state index in [0.717, 1.165) is 0 Å². The molecule has 1 aromatic rings. The molecule has 0 bridgehead atoms. The maximum atomic E-state index is 11.8. The molecule has 1 aliphatic heterocycles. The van der Waals surface area contributed by atoms with Gasteiger partial charge in [0.15, 0.2) is 0 Å². The molecular formula is C10H14ClN3O3S. The first-order chi connectivity index (χ1) is 8.38. The van der Waals surface area contributed by atoms with Gasteiger partial charge in [0, 0.05) is 42.1 Å². The van der Waals surface area contributed by atoms with Crippen LogP contribution < -0.4 is 0 Å². The molecule has 2 unspecified atom stereocenters. The number of aromatic nitrogens is 2. The summed E-state index contributed by atoms with van der Waals surface area (Å²) in [5.74, 6) is -0.177. The van der Waals surface area contributed by atoms with Crippen LogP contribution in [0.3, 0.4) is 0 Å². The quantitative estimate of drug-likeness (QED) is 0.755. The molecule has 1 amide bonds. The molecule has 18 heavy (non-hydrogen) atoms. The average Bonchev–Trinajstić information content (AvgIpc) is 2.85. The molecule has 0 saturated carbocycles. The first-order valence-corrected chi connectivity index (χ1v) is 7.95. The van der Waals surface area contributed by atoms with E-state index < -0.39 is 14.3 Å². The summed E-state index contributed by atoms with van der Waals surface area (Å²) in [6.45, 7) is 2.56. The van der Waals surface area contributed by atoms with Crippen molar-refractivity contribution in [2.45, 2.75) is 31.2 Å². The predicted molar refractivity (Wildman–Crippen MR) is 66.6 cm³/mol. The molecule has 1 aromatic heterocycles. The number of amides is 1. The first-order valence-electron chi connectivity index (χ1n) is 5.58. The molecule has 2 atom stereocenters. The van der Waals surface area contributed by atoms with E-state index in [9.17, 15) is 13.2 Å². The molecule has 2 heterocycles. The number of rotatable bonds is 4. The summed E-state index contributed by atoms with van der Waals surface area (Å²) >= 11 is 0. The van der Waals surface area contributed by atoms with Crippen LogP contribution in [0.15, 0.2) is 18.5 Å². The van der Waals surface area contributed by atoms with E-state index in [1.165, 1.54) is 0 Å². The average molecular weight is 292 g/mol. The Hall–Kier alpha value is -1.08. The molecule has 1 fully saturated rings. The summed E-state index contributed by atoms with van der Waals surface area (Å²) in [6, 6.07) is 1.69. The zero-order chi connectivity index (χ0) is 13.3. The van der Waals surface area contributed by atoms with Crippen molar-refractivity contribution in [3.05, 3.63) is 18.5 Å². The van der Waals surface area contributed by atoms with Crippen molar-refractivity contribution in [3.63, 3.8) is 0 Å². The van der Waals surface area contributed by atoms with E-state index >= 15 is 0 Å². The Balaban J connectivity index is 2.03. The highest BCUT2D eigenvalue weighted by atomic mass is 35.7. The molecule has 0 N–H and O–H groups in total. The van der Waals surface area contributed by atoms with Crippen LogP contribution in [0.2, 0.25) is 0 Å². The minimum Gasteiger partial charge on any atom is -0.337 e. The summed E-state index contributed by atoms with van der Waals surface area (Å²) in [5, 5.41) is 3.26. The van der Waals surface area contributed by atoms with Crippen molar-refractivity contribution < 1.29 is 13.2 Å². The second-order valence-corrected chi connectivity index (χ2v) is 7.33. The van der Waals surface area contributed by atoms with Gasteiger partial charge in [-0.2, -0.15) is 5.10 Å².